The quantitative estimate of drug-likeness (QED) is 0.0861. The molecule has 12 heteroatoms. The Balaban J connectivity index is 2.59. The summed E-state index contributed by atoms with van der Waals surface area (Å²) in [5.41, 5.74) is 4.17. The van der Waals surface area contributed by atoms with Gasteiger partial charge >= 0.3 is 0 Å². The molecule has 1 aliphatic rings. The van der Waals surface area contributed by atoms with Crippen LogP contribution in [-0.4, -0.2) is 69.4 Å². The zero-order valence-corrected chi connectivity index (χ0v) is 14.8. The fourth-order valence-corrected chi connectivity index (χ4v) is 1.96. The molecule has 0 bridgehead atoms. The molecule has 0 spiro atoms. The van der Waals surface area contributed by atoms with Crippen molar-refractivity contribution in [3.63, 3.8) is 0 Å². The molecule has 1 aliphatic heterocycles. The second-order valence-corrected chi connectivity index (χ2v) is 6.54. The van der Waals surface area contributed by atoms with Crippen LogP contribution in [0.1, 0.15) is 20.8 Å². The molecule has 0 aromatic rings. The number of thiocarbonyl (C=S) groups is 1. The van der Waals surface area contributed by atoms with E-state index in [-0.39, 0.29) is 11.7 Å². The number of hydrogen-bond acceptors (Lipinski definition) is 7. The summed E-state index contributed by atoms with van der Waals surface area (Å²) < 4.78 is 5.15. The SMILES string of the molecule is CC(C)(C)O[C@@H](O)NC(=S)N=C(N)C(=N)C(=O)N[C@@H]1C(=O)N[C@@H]1CO. The molecule has 0 radical (unpaired) electrons. The Kier molecular flexibility index (Phi) is 6.93. The maximum Gasteiger partial charge on any atom is 0.273 e. The number of nitrogens with zero attached hydrogens (tertiary/aromatic N) is 1. The molecule has 140 valence electrons. The van der Waals surface area contributed by atoms with Gasteiger partial charge in [-0.05, 0) is 33.0 Å². The molecule has 0 unspecified atom stereocenters. The van der Waals surface area contributed by atoms with Gasteiger partial charge in [0, 0.05) is 0 Å². The third-order valence-electron chi connectivity index (χ3n) is 2.91. The van der Waals surface area contributed by atoms with Crippen LogP contribution in [0, 0.1) is 5.41 Å². The lowest BCUT2D eigenvalue weighted by Gasteiger charge is -2.35. The Morgan fingerprint density at radius 2 is 2.16 bits per heavy atom. The lowest BCUT2D eigenvalue weighted by molar-refractivity contribution is -0.172. The summed E-state index contributed by atoms with van der Waals surface area (Å²) in [4.78, 5) is 26.8. The van der Waals surface area contributed by atoms with Crippen molar-refractivity contribution in [2.75, 3.05) is 6.61 Å². The van der Waals surface area contributed by atoms with Crippen LogP contribution < -0.4 is 21.7 Å². The predicted molar refractivity (Wildman–Crippen MR) is 92.9 cm³/mol. The number of amides is 2. The van der Waals surface area contributed by atoms with E-state index < -0.39 is 47.5 Å². The highest BCUT2D eigenvalue weighted by Crippen LogP contribution is 2.08. The molecule has 1 saturated heterocycles. The van der Waals surface area contributed by atoms with Gasteiger partial charge in [0.05, 0.1) is 18.2 Å². The fraction of sp³-hybridized carbons (Fsp3) is 0.615. The molecule has 2 amide bonds. The van der Waals surface area contributed by atoms with Crippen molar-refractivity contribution >= 4 is 40.7 Å². The number of aliphatic imine (C=N–C) groups is 1. The lowest BCUT2D eigenvalue weighted by atomic mass is 9.99. The minimum Gasteiger partial charge on any atom is -0.394 e. The van der Waals surface area contributed by atoms with E-state index in [0.717, 1.165) is 0 Å². The van der Waals surface area contributed by atoms with E-state index in [4.69, 9.17) is 33.2 Å². The number of carbonyl (C=O) groups is 2. The number of ether oxygens (including phenoxy) is 1. The van der Waals surface area contributed by atoms with Gasteiger partial charge in [0.1, 0.15) is 6.04 Å². The van der Waals surface area contributed by atoms with Crippen LogP contribution in [0.25, 0.3) is 0 Å². The van der Waals surface area contributed by atoms with Gasteiger partial charge in [0.15, 0.2) is 16.7 Å². The number of carbonyl (C=O) groups excluding carboxylic acids is 2. The van der Waals surface area contributed by atoms with Gasteiger partial charge in [-0.25, -0.2) is 4.99 Å². The average molecular weight is 374 g/mol. The predicted octanol–water partition coefficient (Wildman–Crippen LogP) is -2.70. The van der Waals surface area contributed by atoms with Crippen molar-refractivity contribution in [2.24, 2.45) is 10.7 Å². The number of aliphatic hydroxyl groups excluding tert-OH is 2. The van der Waals surface area contributed by atoms with Crippen LogP contribution in [0.2, 0.25) is 0 Å². The van der Waals surface area contributed by atoms with Crippen LogP contribution in [0.15, 0.2) is 4.99 Å². The monoisotopic (exact) mass is 374 g/mol. The van der Waals surface area contributed by atoms with Crippen LogP contribution in [0.3, 0.4) is 0 Å². The molecular weight excluding hydrogens is 352 g/mol. The summed E-state index contributed by atoms with van der Waals surface area (Å²) in [6, 6.07) is -1.56. The Morgan fingerprint density at radius 1 is 1.56 bits per heavy atom. The molecule has 1 rings (SSSR count). The number of nitrogens with two attached hydrogens (primary N) is 1. The van der Waals surface area contributed by atoms with Gasteiger partial charge in [-0.2, -0.15) is 0 Å². The smallest absolute Gasteiger partial charge is 0.273 e. The first-order valence-electron chi connectivity index (χ1n) is 7.26. The van der Waals surface area contributed by atoms with Crippen molar-refractivity contribution in [1.82, 2.24) is 16.0 Å². The van der Waals surface area contributed by atoms with Gasteiger partial charge < -0.3 is 36.6 Å². The first kappa shape index (κ1) is 20.9. The van der Waals surface area contributed by atoms with Gasteiger partial charge in [-0.3, -0.25) is 15.0 Å². The van der Waals surface area contributed by atoms with Gasteiger partial charge in [-0.15, -0.1) is 0 Å². The van der Waals surface area contributed by atoms with E-state index in [2.05, 4.69) is 20.9 Å². The standard InChI is InChI=1S/C13H22N6O5S/c1-13(2,3)24-12(23)19-11(25)18-8(15)6(14)9(21)17-7-5(4-20)16-10(7)22/h5,7,12,14,20,23H,4H2,1-3H3,(H,16,22)(H,17,21)(H3,15,18,19,25)/t5-,7+,12-/m1/s1. The number of aliphatic hydroxyl groups is 2. The fourth-order valence-electron chi connectivity index (χ4n) is 1.76. The Morgan fingerprint density at radius 3 is 2.64 bits per heavy atom. The molecule has 1 fully saturated rings. The normalized spacial score (nSPS) is 21.6. The van der Waals surface area contributed by atoms with Gasteiger partial charge in [0.2, 0.25) is 12.3 Å². The lowest BCUT2D eigenvalue weighted by Crippen LogP contribution is -2.71. The molecule has 0 aromatic heterocycles. The molecule has 3 atom stereocenters. The third-order valence-corrected chi connectivity index (χ3v) is 3.12. The topological polar surface area (TPSA) is 182 Å². The highest BCUT2D eigenvalue weighted by atomic mass is 32.1. The van der Waals surface area contributed by atoms with E-state index in [1.54, 1.807) is 20.8 Å². The number of β-lactam (4-membered cyclic amide) rings is 1. The van der Waals surface area contributed by atoms with Crippen LogP contribution in [0.4, 0.5) is 0 Å². The molecule has 25 heavy (non-hydrogen) atoms. The van der Waals surface area contributed by atoms with Crippen LogP contribution in [0.5, 0.6) is 0 Å². The average Bonchev–Trinajstić information content (AvgIpc) is 2.46. The summed E-state index contributed by atoms with van der Waals surface area (Å²) in [6.07, 6.45) is -1.45. The maximum atomic E-state index is 11.9. The summed E-state index contributed by atoms with van der Waals surface area (Å²) >= 11 is 4.84. The minimum atomic E-state index is -1.45. The van der Waals surface area contributed by atoms with E-state index in [0.29, 0.717) is 0 Å². The van der Waals surface area contributed by atoms with Crippen molar-refractivity contribution < 1.29 is 24.5 Å². The number of nitrogens with one attached hydrogen (secondary N) is 4. The van der Waals surface area contributed by atoms with Crippen molar-refractivity contribution in [3.8, 4) is 0 Å². The molecule has 0 aromatic carbocycles. The van der Waals surface area contributed by atoms with Crippen molar-refractivity contribution in [1.29, 1.82) is 5.41 Å². The summed E-state index contributed by atoms with van der Waals surface area (Å²) in [6.45, 7) is 4.80. The molecule has 0 aliphatic carbocycles. The van der Waals surface area contributed by atoms with E-state index >= 15 is 0 Å². The van der Waals surface area contributed by atoms with Crippen molar-refractivity contribution in [2.45, 2.75) is 44.9 Å². The van der Waals surface area contributed by atoms with Crippen LogP contribution in [-0.2, 0) is 14.3 Å². The molecule has 1 heterocycles. The largest absolute Gasteiger partial charge is 0.394 e. The first-order chi connectivity index (χ1) is 11.4. The second kappa shape index (κ2) is 8.29. The number of rotatable bonds is 6. The minimum absolute atomic E-state index is 0.290. The molecule has 0 saturated carbocycles. The maximum absolute atomic E-state index is 11.9. The second-order valence-electron chi connectivity index (χ2n) is 6.15. The highest BCUT2D eigenvalue weighted by molar-refractivity contribution is 7.80. The van der Waals surface area contributed by atoms with E-state index in [9.17, 15) is 14.7 Å². The van der Waals surface area contributed by atoms with Gasteiger partial charge in [-0.1, -0.05) is 0 Å². The zero-order valence-electron chi connectivity index (χ0n) is 14.0. The number of hydrogen-bond donors (Lipinski definition) is 7. The summed E-state index contributed by atoms with van der Waals surface area (Å²) in [5.74, 6) is -1.94. The van der Waals surface area contributed by atoms with Crippen molar-refractivity contribution in [3.05, 3.63) is 0 Å². The van der Waals surface area contributed by atoms with Crippen LogP contribution >= 0.6 is 12.2 Å². The first-order valence-corrected chi connectivity index (χ1v) is 7.67. The van der Waals surface area contributed by atoms with E-state index in [1.807, 2.05) is 0 Å². The van der Waals surface area contributed by atoms with E-state index in [1.165, 1.54) is 0 Å². The Hall–Kier alpha value is -2.15. The Labute approximate surface area is 149 Å². The summed E-state index contributed by atoms with van der Waals surface area (Å²) in [5, 5.41) is 32.9. The molecular formula is C13H22N6O5S. The molecule has 8 N–H and O–H groups in total. The summed E-state index contributed by atoms with van der Waals surface area (Å²) in [7, 11) is 0. The highest BCUT2D eigenvalue weighted by Gasteiger charge is 2.40. The number of amidine groups is 1. The zero-order chi connectivity index (χ0) is 19.4. The van der Waals surface area contributed by atoms with Gasteiger partial charge in [0.25, 0.3) is 5.91 Å². The molecule has 11 nitrogen and oxygen atoms in total. The third kappa shape index (κ3) is 6.34. The Bertz CT molecular complexity index is 602.